The van der Waals surface area contributed by atoms with Crippen LogP contribution in [0.25, 0.3) is 0 Å². The molecule has 0 aliphatic carbocycles. The Bertz CT molecular complexity index is 796. The van der Waals surface area contributed by atoms with Gasteiger partial charge in [0, 0.05) is 18.0 Å². The zero-order valence-corrected chi connectivity index (χ0v) is 13.9. The van der Waals surface area contributed by atoms with E-state index in [1.807, 2.05) is 36.5 Å². The number of aromatic nitrogens is 1. The van der Waals surface area contributed by atoms with Gasteiger partial charge < -0.3 is 0 Å². The number of carbonyl (C=O) groups excluding carboxylic acids is 1. The molecular formula is C22H21NO. The zero-order valence-electron chi connectivity index (χ0n) is 13.9. The molecule has 0 aliphatic heterocycles. The van der Waals surface area contributed by atoms with Crippen molar-refractivity contribution in [1.82, 2.24) is 4.98 Å². The maximum atomic E-state index is 11.6. The molecule has 0 N–H and O–H groups in total. The van der Waals surface area contributed by atoms with Gasteiger partial charge in [-0.1, -0.05) is 54.6 Å². The SMILES string of the molecule is CC(=O)c1cccc(CC(Cc2cccnc2)c2ccccc2)c1. The lowest BCUT2D eigenvalue weighted by Crippen LogP contribution is -2.07. The monoisotopic (exact) mass is 315 g/mol. The molecule has 1 aromatic heterocycles. The van der Waals surface area contributed by atoms with Crippen molar-refractivity contribution in [1.29, 1.82) is 0 Å². The van der Waals surface area contributed by atoms with Gasteiger partial charge in [0.1, 0.15) is 0 Å². The van der Waals surface area contributed by atoms with Gasteiger partial charge >= 0.3 is 0 Å². The Morgan fingerprint density at radius 3 is 2.38 bits per heavy atom. The lowest BCUT2D eigenvalue weighted by Gasteiger charge is -2.18. The number of benzene rings is 2. The third-order valence-corrected chi connectivity index (χ3v) is 4.29. The molecule has 0 saturated carbocycles. The second kappa shape index (κ2) is 7.69. The summed E-state index contributed by atoms with van der Waals surface area (Å²) in [6.07, 6.45) is 5.57. The van der Waals surface area contributed by atoms with E-state index in [1.165, 1.54) is 16.7 Å². The molecule has 120 valence electrons. The van der Waals surface area contributed by atoms with E-state index in [2.05, 4.69) is 41.4 Å². The van der Waals surface area contributed by atoms with Crippen LogP contribution in [0, 0.1) is 0 Å². The van der Waals surface area contributed by atoms with Gasteiger partial charge in [0.15, 0.2) is 5.78 Å². The third-order valence-electron chi connectivity index (χ3n) is 4.29. The maximum absolute atomic E-state index is 11.6. The highest BCUT2D eigenvalue weighted by molar-refractivity contribution is 5.94. The molecule has 24 heavy (non-hydrogen) atoms. The Labute approximate surface area is 143 Å². The smallest absolute Gasteiger partial charge is 0.159 e. The van der Waals surface area contributed by atoms with Gasteiger partial charge in [-0.05, 0) is 54.5 Å². The number of pyridine rings is 1. The van der Waals surface area contributed by atoms with Crippen LogP contribution in [-0.2, 0) is 12.8 Å². The fourth-order valence-electron chi connectivity index (χ4n) is 3.04. The standard InChI is InChI=1S/C22H21NO/c1-17(24)21-11-5-7-18(13-21)14-22(20-9-3-2-4-10-20)15-19-8-6-12-23-16-19/h2-13,16,22H,14-15H2,1H3. The van der Waals surface area contributed by atoms with E-state index >= 15 is 0 Å². The first-order chi connectivity index (χ1) is 11.7. The number of rotatable bonds is 6. The summed E-state index contributed by atoms with van der Waals surface area (Å²) in [5.74, 6) is 0.470. The van der Waals surface area contributed by atoms with Crippen molar-refractivity contribution < 1.29 is 4.79 Å². The first kappa shape index (κ1) is 16.1. The molecule has 3 rings (SSSR count). The van der Waals surface area contributed by atoms with Gasteiger partial charge in [-0.2, -0.15) is 0 Å². The molecule has 2 nitrogen and oxygen atoms in total. The van der Waals surface area contributed by atoms with Crippen molar-refractivity contribution in [3.8, 4) is 0 Å². The van der Waals surface area contributed by atoms with Gasteiger partial charge in [-0.25, -0.2) is 0 Å². The fourth-order valence-corrected chi connectivity index (χ4v) is 3.04. The summed E-state index contributed by atoms with van der Waals surface area (Å²) in [6.45, 7) is 1.61. The van der Waals surface area contributed by atoms with E-state index in [0.29, 0.717) is 5.92 Å². The van der Waals surface area contributed by atoms with Crippen molar-refractivity contribution >= 4 is 5.78 Å². The van der Waals surface area contributed by atoms with Gasteiger partial charge in [0.2, 0.25) is 0 Å². The van der Waals surface area contributed by atoms with Crippen LogP contribution in [0.4, 0.5) is 0 Å². The number of hydrogen-bond donors (Lipinski definition) is 0. The quantitative estimate of drug-likeness (QED) is 0.608. The third kappa shape index (κ3) is 4.17. The molecule has 0 fully saturated rings. The summed E-state index contributed by atoms with van der Waals surface area (Å²) in [5.41, 5.74) is 4.52. The molecule has 0 spiro atoms. The Morgan fingerprint density at radius 1 is 0.917 bits per heavy atom. The summed E-state index contributed by atoms with van der Waals surface area (Å²) in [4.78, 5) is 15.9. The van der Waals surface area contributed by atoms with E-state index in [4.69, 9.17) is 0 Å². The molecule has 0 aliphatic rings. The Kier molecular flexibility index (Phi) is 5.17. The molecule has 0 radical (unpaired) electrons. The summed E-state index contributed by atoms with van der Waals surface area (Å²) < 4.78 is 0. The lowest BCUT2D eigenvalue weighted by molar-refractivity contribution is 0.101. The van der Waals surface area contributed by atoms with Crippen LogP contribution in [-0.4, -0.2) is 10.8 Å². The largest absolute Gasteiger partial charge is 0.295 e. The summed E-state index contributed by atoms with van der Waals surface area (Å²) in [7, 11) is 0. The van der Waals surface area contributed by atoms with Gasteiger partial charge in [-0.15, -0.1) is 0 Å². The predicted octanol–water partition coefficient (Wildman–Crippen LogP) is 4.85. The molecule has 0 amide bonds. The van der Waals surface area contributed by atoms with Gasteiger partial charge in [-0.3, -0.25) is 9.78 Å². The van der Waals surface area contributed by atoms with Gasteiger partial charge in [0.25, 0.3) is 0 Å². The Hall–Kier alpha value is -2.74. The minimum Gasteiger partial charge on any atom is -0.295 e. The number of hydrogen-bond acceptors (Lipinski definition) is 2. The number of nitrogens with zero attached hydrogens (tertiary/aromatic N) is 1. The van der Waals surface area contributed by atoms with E-state index in [9.17, 15) is 4.79 Å². The minimum atomic E-state index is 0.111. The topological polar surface area (TPSA) is 30.0 Å². The highest BCUT2D eigenvalue weighted by Gasteiger charge is 2.14. The number of ketones is 1. The second-order valence-electron chi connectivity index (χ2n) is 6.13. The fraction of sp³-hybridized carbons (Fsp3) is 0.182. The van der Waals surface area contributed by atoms with Crippen LogP contribution < -0.4 is 0 Å². The molecular weight excluding hydrogens is 294 g/mol. The average Bonchev–Trinajstić information content (AvgIpc) is 2.63. The predicted molar refractivity (Wildman–Crippen MR) is 97.3 cm³/mol. The highest BCUT2D eigenvalue weighted by atomic mass is 16.1. The molecule has 1 heterocycles. The summed E-state index contributed by atoms with van der Waals surface area (Å²) in [6, 6.07) is 22.6. The van der Waals surface area contributed by atoms with Crippen LogP contribution in [0.1, 0.15) is 39.9 Å². The van der Waals surface area contributed by atoms with E-state index in [1.54, 1.807) is 13.1 Å². The average molecular weight is 315 g/mol. The van der Waals surface area contributed by atoms with Crippen molar-refractivity contribution in [2.75, 3.05) is 0 Å². The van der Waals surface area contributed by atoms with Gasteiger partial charge in [0.05, 0.1) is 0 Å². The molecule has 2 heteroatoms. The first-order valence-corrected chi connectivity index (χ1v) is 8.26. The van der Waals surface area contributed by atoms with Crippen LogP contribution in [0.3, 0.4) is 0 Å². The normalized spacial score (nSPS) is 11.9. The Balaban J connectivity index is 1.87. The molecule has 2 aromatic carbocycles. The van der Waals surface area contributed by atoms with Crippen LogP contribution in [0.15, 0.2) is 79.1 Å². The Morgan fingerprint density at radius 2 is 1.67 bits per heavy atom. The summed E-state index contributed by atoms with van der Waals surface area (Å²) >= 11 is 0. The van der Waals surface area contributed by atoms with Crippen molar-refractivity contribution in [2.24, 2.45) is 0 Å². The van der Waals surface area contributed by atoms with Crippen LogP contribution in [0.5, 0.6) is 0 Å². The second-order valence-corrected chi connectivity index (χ2v) is 6.13. The first-order valence-electron chi connectivity index (χ1n) is 8.26. The van der Waals surface area contributed by atoms with Crippen molar-refractivity contribution in [3.63, 3.8) is 0 Å². The van der Waals surface area contributed by atoms with Crippen molar-refractivity contribution in [2.45, 2.75) is 25.7 Å². The number of Topliss-reactive ketones (excluding diaryl/α,β-unsaturated/α-hetero) is 1. The van der Waals surface area contributed by atoms with E-state index in [0.717, 1.165) is 18.4 Å². The van der Waals surface area contributed by atoms with Crippen LogP contribution >= 0.6 is 0 Å². The summed E-state index contributed by atoms with van der Waals surface area (Å²) in [5, 5.41) is 0. The molecule has 3 aromatic rings. The molecule has 1 unspecified atom stereocenters. The zero-order chi connectivity index (χ0) is 16.8. The lowest BCUT2D eigenvalue weighted by atomic mass is 9.86. The van der Waals surface area contributed by atoms with Crippen molar-refractivity contribution in [3.05, 3.63) is 101 Å². The van der Waals surface area contributed by atoms with E-state index < -0.39 is 0 Å². The molecule has 0 saturated heterocycles. The number of carbonyl (C=O) groups is 1. The van der Waals surface area contributed by atoms with E-state index in [-0.39, 0.29) is 5.78 Å². The molecule has 1 atom stereocenters. The maximum Gasteiger partial charge on any atom is 0.159 e. The van der Waals surface area contributed by atoms with Crippen LogP contribution in [0.2, 0.25) is 0 Å². The minimum absolute atomic E-state index is 0.111. The molecule has 0 bridgehead atoms. The highest BCUT2D eigenvalue weighted by Crippen LogP contribution is 2.25.